The molecule has 30 heavy (non-hydrogen) atoms. The van der Waals surface area contributed by atoms with E-state index in [9.17, 15) is 18.0 Å². The molecule has 2 amide bonds. The minimum Gasteiger partial charge on any atom is -0.307 e. The molecule has 1 heterocycles. The van der Waals surface area contributed by atoms with E-state index in [1.807, 2.05) is 42.5 Å². The summed E-state index contributed by atoms with van der Waals surface area (Å²) in [4.78, 5) is 12.2. The standard InChI is InChI=1S/C22H17F3N4O/c23-22(24,25)18-10-3-4-11-19(18)26-21(30)27-20-12-13-29(28-20)14-16-8-5-7-15-6-1-2-9-17(15)16/h1-13H,14H2,(H2,26,27,28,30). The first-order valence-corrected chi connectivity index (χ1v) is 9.14. The van der Waals surface area contributed by atoms with Crippen LogP contribution in [0.2, 0.25) is 0 Å². The maximum Gasteiger partial charge on any atom is 0.418 e. The molecule has 3 aromatic carbocycles. The van der Waals surface area contributed by atoms with Gasteiger partial charge in [-0.3, -0.25) is 10.00 Å². The van der Waals surface area contributed by atoms with Gasteiger partial charge in [0.1, 0.15) is 0 Å². The van der Waals surface area contributed by atoms with Crippen molar-refractivity contribution < 1.29 is 18.0 Å². The lowest BCUT2D eigenvalue weighted by atomic mass is 10.0. The molecule has 152 valence electrons. The van der Waals surface area contributed by atoms with E-state index in [0.717, 1.165) is 22.4 Å². The number of carbonyl (C=O) groups is 1. The van der Waals surface area contributed by atoms with Crippen molar-refractivity contribution in [3.8, 4) is 0 Å². The van der Waals surface area contributed by atoms with E-state index in [0.29, 0.717) is 6.54 Å². The lowest BCUT2D eigenvalue weighted by Gasteiger charge is -2.13. The first-order chi connectivity index (χ1) is 14.4. The molecule has 4 aromatic rings. The second-order valence-corrected chi connectivity index (χ2v) is 6.66. The third kappa shape index (κ3) is 4.27. The van der Waals surface area contributed by atoms with Gasteiger partial charge < -0.3 is 5.32 Å². The van der Waals surface area contributed by atoms with Gasteiger partial charge >= 0.3 is 12.2 Å². The molecule has 5 nitrogen and oxygen atoms in total. The normalized spacial score (nSPS) is 11.4. The predicted molar refractivity (Wildman–Crippen MR) is 109 cm³/mol. The third-order valence-electron chi connectivity index (χ3n) is 4.58. The largest absolute Gasteiger partial charge is 0.418 e. The van der Waals surface area contributed by atoms with Crippen LogP contribution in [0.4, 0.5) is 29.5 Å². The van der Waals surface area contributed by atoms with Crippen molar-refractivity contribution in [2.45, 2.75) is 12.7 Å². The maximum absolute atomic E-state index is 13.1. The fourth-order valence-corrected chi connectivity index (χ4v) is 3.23. The van der Waals surface area contributed by atoms with Crippen LogP contribution in [0.1, 0.15) is 11.1 Å². The van der Waals surface area contributed by atoms with Gasteiger partial charge in [0.25, 0.3) is 0 Å². The molecule has 0 atom stereocenters. The van der Waals surface area contributed by atoms with Crippen molar-refractivity contribution in [1.29, 1.82) is 0 Å². The first kappa shape index (κ1) is 19.5. The van der Waals surface area contributed by atoms with Gasteiger partial charge in [0, 0.05) is 12.3 Å². The molecular weight excluding hydrogens is 393 g/mol. The molecule has 0 spiro atoms. The Labute approximate surface area is 170 Å². The highest BCUT2D eigenvalue weighted by atomic mass is 19.4. The molecular formula is C22H17F3N4O. The van der Waals surface area contributed by atoms with Gasteiger partial charge in [-0.2, -0.15) is 18.3 Å². The first-order valence-electron chi connectivity index (χ1n) is 9.14. The van der Waals surface area contributed by atoms with Gasteiger partial charge in [0.2, 0.25) is 0 Å². The number of halogens is 3. The number of nitrogens with one attached hydrogen (secondary N) is 2. The number of aromatic nitrogens is 2. The van der Waals surface area contributed by atoms with Gasteiger partial charge in [-0.15, -0.1) is 0 Å². The average Bonchev–Trinajstić information content (AvgIpc) is 3.14. The van der Waals surface area contributed by atoms with Crippen LogP contribution in [0.25, 0.3) is 10.8 Å². The van der Waals surface area contributed by atoms with Crippen molar-refractivity contribution in [2.75, 3.05) is 10.6 Å². The summed E-state index contributed by atoms with van der Waals surface area (Å²) in [5.41, 5.74) is -0.175. The molecule has 0 bridgehead atoms. The number of carbonyl (C=O) groups excluding carboxylic acids is 1. The summed E-state index contributed by atoms with van der Waals surface area (Å²) in [7, 11) is 0. The number of benzene rings is 3. The third-order valence-corrected chi connectivity index (χ3v) is 4.58. The van der Waals surface area contributed by atoms with E-state index in [2.05, 4.69) is 15.7 Å². The van der Waals surface area contributed by atoms with Crippen LogP contribution >= 0.6 is 0 Å². The van der Waals surface area contributed by atoms with Crippen LogP contribution in [0.5, 0.6) is 0 Å². The Balaban J connectivity index is 1.46. The number of alkyl halides is 3. The highest BCUT2D eigenvalue weighted by Gasteiger charge is 2.33. The maximum atomic E-state index is 13.1. The van der Waals surface area contributed by atoms with E-state index in [4.69, 9.17) is 0 Å². The average molecular weight is 410 g/mol. The van der Waals surface area contributed by atoms with E-state index in [1.54, 1.807) is 16.9 Å². The van der Waals surface area contributed by atoms with Gasteiger partial charge in [-0.25, -0.2) is 4.79 Å². The zero-order chi connectivity index (χ0) is 21.1. The van der Waals surface area contributed by atoms with Gasteiger partial charge in [-0.05, 0) is 28.5 Å². The van der Waals surface area contributed by atoms with Crippen LogP contribution in [0.3, 0.4) is 0 Å². The van der Waals surface area contributed by atoms with Gasteiger partial charge in [-0.1, -0.05) is 54.6 Å². The van der Waals surface area contributed by atoms with Crippen LogP contribution in [0.15, 0.2) is 79.0 Å². The number of anilines is 2. The number of urea groups is 1. The van der Waals surface area contributed by atoms with Crippen LogP contribution < -0.4 is 10.6 Å². The molecule has 2 N–H and O–H groups in total. The monoisotopic (exact) mass is 410 g/mol. The topological polar surface area (TPSA) is 59.0 Å². The number of nitrogens with zero attached hydrogens (tertiary/aromatic N) is 2. The Morgan fingerprint density at radius 1 is 0.900 bits per heavy atom. The summed E-state index contributed by atoms with van der Waals surface area (Å²) in [5, 5.41) is 11.2. The lowest BCUT2D eigenvalue weighted by Crippen LogP contribution is -2.22. The zero-order valence-corrected chi connectivity index (χ0v) is 15.6. The van der Waals surface area contributed by atoms with Crippen LogP contribution in [0, 0.1) is 0 Å². The van der Waals surface area contributed by atoms with Crippen LogP contribution in [-0.2, 0) is 12.7 Å². The van der Waals surface area contributed by atoms with Crippen molar-refractivity contribution in [2.24, 2.45) is 0 Å². The van der Waals surface area contributed by atoms with Crippen LogP contribution in [-0.4, -0.2) is 15.8 Å². The number of amides is 2. The summed E-state index contributed by atoms with van der Waals surface area (Å²) in [6.07, 6.45) is -2.87. The second-order valence-electron chi connectivity index (χ2n) is 6.66. The van der Waals surface area contributed by atoms with Gasteiger partial charge in [0.15, 0.2) is 5.82 Å². The second kappa shape index (κ2) is 7.90. The van der Waals surface area contributed by atoms with E-state index in [1.165, 1.54) is 18.2 Å². The molecule has 4 rings (SSSR count). The Kier molecular flexibility index (Phi) is 5.14. The number of rotatable bonds is 4. The number of hydrogen-bond acceptors (Lipinski definition) is 2. The minimum atomic E-state index is -4.57. The summed E-state index contributed by atoms with van der Waals surface area (Å²) < 4.78 is 40.8. The van der Waals surface area contributed by atoms with Crippen molar-refractivity contribution in [1.82, 2.24) is 9.78 Å². The smallest absolute Gasteiger partial charge is 0.307 e. The number of fused-ring (bicyclic) bond motifs is 1. The predicted octanol–water partition coefficient (Wildman–Crippen LogP) is 5.75. The Hall–Kier alpha value is -3.81. The highest BCUT2D eigenvalue weighted by Crippen LogP contribution is 2.34. The van der Waals surface area contributed by atoms with E-state index >= 15 is 0 Å². The number of hydrogen-bond donors (Lipinski definition) is 2. The van der Waals surface area contributed by atoms with Crippen molar-refractivity contribution >= 4 is 28.3 Å². The summed E-state index contributed by atoms with van der Waals surface area (Å²) in [6, 6.07) is 19.5. The highest BCUT2D eigenvalue weighted by molar-refractivity contribution is 5.99. The zero-order valence-electron chi connectivity index (χ0n) is 15.6. The Morgan fingerprint density at radius 2 is 1.63 bits per heavy atom. The quantitative estimate of drug-likeness (QED) is 0.450. The van der Waals surface area contributed by atoms with Crippen molar-refractivity contribution in [3.63, 3.8) is 0 Å². The molecule has 0 saturated carbocycles. The molecule has 0 aliphatic carbocycles. The summed E-state index contributed by atoms with van der Waals surface area (Å²) in [6.45, 7) is 0.488. The van der Waals surface area contributed by atoms with Crippen molar-refractivity contribution in [3.05, 3.63) is 90.1 Å². The molecule has 0 unspecified atom stereocenters. The fraction of sp³-hybridized carbons (Fsp3) is 0.0909. The van der Waals surface area contributed by atoms with Gasteiger partial charge in [0.05, 0.1) is 17.8 Å². The molecule has 0 saturated heterocycles. The van der Waals surface area contributed by atoms with E-state index < -0.39 is 17.8 Å². The Morgan fingerprint density at radius 3 is 2.47 bits per heavy atom. The molecule has 1 aromatic heterocycles. The number of para-hydroxylation sites is 1. The molecule has 0 fully saturated rings. The SMILES string of the molecule is O=C(Nc1ccn(Cc2cccc3ccccc23)n1)Nc1ccccc1C(F)(F)F. The summed E-state index contributed by atoms with van der Waals surface area (Å²) in [5.74, 6) is 0.234. The minimum absolute atomic E-state index is 0.234. The lowest BCUT2D eigenvalue weighted by molar-refractivity contribution is -0.136. The molecule has 8 heteroatoms. The Bertz CT molecular complexity index is 1190. The van der Waals surface area contributed by atoms with E-state index in [-0.39, 0.29) is 11.5 Å². The molecule has 0 aliphatic heterocycles. The summed E-state index contributed by atoms with van der Waals surface area (Å²) >= 11 is 0. The molecule has 0 radical (unpaired) electrons. The molecule has 0 aliphatic rings. The fourth-order valence-electron chi connectivity index (χ4n) is 3.23.